The summed E-state index contributed by atoms with van der Waals surface area (Å²) < 4.78 is 0. The number of aliphatic hydroxyl groups is 1. The second kappa shape index (κ2) is 6.96. The summed E-state index contributed by atoms with van der Waals surface area (Å²) in [7, 11) is 0. The second-order valence-corrected chi connectivity index (χ2v) is 5.85. The lowest BCUT2D eigenvalue weighted by molar-refractivity contribution is 0.133. The number of aliphatic hydroxyl groups excluding tert-OH is 1. The molecule has 1 heterocycles. The molecule has 0 fully saturated rings. The van der Waals surface area contributed by atoms with Crippen LogP contribution in [0.25, 0.3) is 0 Å². The van der Waals surface area contributed by atoms with Gasteiger partial charge < -0.3 is 15.7 Å². The fourth-order valence-corrected chi connectivity index (χ4v) is 1.74. The van der Waals surface area contributed by atoms with Crippen molar-refractivity contribution in [2.24, 2.45) is 0 Å². The quantitative estimate of drug-likeness (QED) is 0.528. The molecular weight excluding hydrogens is 260 g/mol. The first kappa shape index (κ1) is 16.0. The van der Waals surface area contributed by atoms with Gasteiger partial charge in [-0.05, 0) is 33.4 Å². The van der Waals surface area contributed by atoms with E-state index in [0.29, 0.717) is 5.16 Å². The Morgan fingerprint density at radius 2 is 2.00 bits per heavy atom. The normalized spacial score (nSPS) is 13.2. The van der Waals surface area contributed by atoms with Crippen LogP contribution in [-0.4, -0.2) is 39.5 Å². The lowest BCUT2D eigenvalue weighted by atomic mass is 9.99. The second-order valence-electron chi connectivity index (χ2n) is 5.07. The van der Waals surface area contributed by atoms with E-state index < -0.39 is 11.6 Å². The minimum Gasteiger partial charge on any atom is -0.391 e. The minimum absolute atomic E-state index is 0.438. The molecule has 5 nitrogen and oxygen atoms in total. The number of anilines is 2. The highest BCUT2D eigenvalue weighted by molar-refractivity contribution is 7.98. The Kier molecular flexibility index (Phi) is 5.87. The predicted octanol–water partition coefficient (Wildman–Crippen LogP) is 2.59. The van der Waals surface area contributed by atoms with Crippen molar-refractivity contribution < 1.29 is 5.11 Å². The van der Waals surface area contributed by atoms with Gasteiger partial charge in [0, 0.05) is 12.6 Å². The van der Waals surface area contributed by atoms with E-state index in [0.717, 1.165) is 24.6 Å². The molecule has 0 amide bonds. The number of nitrogens with zero attached hydrogens (tertiary/aromatic N) is 2. The number of aromatic nitrogens is 2. The molecule has 0 aliphatic heterocycles. The van der Waals surface area contributed by atoms with Gasteiger partial charge in [0.2, 0.25) is 0 Å². The smallest absolute Gasteiger partial charge is 0.191 e. The van der Waals surface area contributed by atoms with Gasteiger partial charge in [-0.2, -0.15) is 0 Å². The van der Waals surface area contributed by atoms with E-state index in [2.05, 4.69) is 27.5 Å². The fraction of sp³-hybridized carbons (Fsp3) is 0.692. The summed E-state index contributed by atoms with van der Waals surface area (Å²) in [5, 5.41) is 17.0. The summed E-state index contributed by atoms with van der Waals surface area (Å²) >= 11 is 1.50. The SMILES string of the molecule is CCCNc1cc(NC(C)(C)C(C)O)nc(SC)n1. The van der Waals surface area contributed by atoms with Crippen LogP contribution in [0.4, 0.5) is 11.6 Å². The highest BCUT2D eigenvalue weighted by atomic mass is 32.2. The molecule has 0 spiro atoms. The van der Waals surface area contributed by atoms with E-state index in [-0.39, 0.29) is 0 Å². The van der Waals surface area contributed by atoms with Crippen molar-refractivity contribution in [1.82, 2.24) is 9.97 Å². The van der Waals surface area contributed by atoms with Gasteiger partial charge in [-0.15, -0.1) is 0 Å². The Hall–Kier alpha value is -1.01. The lowest BCUT2D eigenvalue weighted by Crippen LogP contribution is -2.42. The van der Waals surface area contributed by atoms with Crippen molar-refractivity contribution in [2.75, 3.05) is 23.4 Å². The lowest BCUT2D eigenvalue weighted by Gasteiger charge is -2.30. The molecule has 19 heavy (non-hydrogen) atoms. The van der Waals surface area contributed by atoms with Gasteiger partial charge in [-0.3, -0.25) is 0 Å². The number of nitrogens with one attached hydrogen (secondary N) is 2. The molecule has 1 atom stereocenters. The van der Waals surface area contributed by atoms with Crippen molar-refractivity contribution in [3.63, 3.8) is 0 Å². The van der Waals surface area contributed by atoms with E-state index in [1.54, 1.807) is 6.92 Å². The van der Waals surface area contributed by atoms with Crippen LogP contribution < -0.4 is 10.6 Å². The Morgan fingerprint density at radius 3 is 2.53 bits per heavy atom. The maximum Gasteiger partial charge on any atom is 0.191 e. The van der Waals surface area contributed by atoms with E-state index in [9.17, 15) is 5.11 Å². The Labute approximate surface area is 119 Å². The molecular formula is C13H24N4OS. The topological polar surface area (TPSA) is 70.1 Å². The number of hydrogen-bond donors (Lipinski definition) is 3. The molecule has 0 aromatic carbocycles. The van der Waals surface area contributed by atoms with Crippen LogP contribution in [0.5, 0.6) is 0 Å². The van der Waals surface area contributed by atoms with E-state index in [1.807, 2.05) is 26.2 Å². The number of thioether (sulfide) groups is 1. The van der Waals surface area contributed by atoms with Gasteiger partial charge in [0.05, 0.1) is 11.6 Å². The molecule has 0 radical (unpaired) electrons. The molecule has 1 aromatic rings. The largest absolute Gasteiger partial charge is 0.391 e. The third kappa shape index (κ3) is 4.87. The summed E-state index contributed by atoms with van der Waals surface area (Å²) in [5.41, 5.74) is -0.438. The summed E-state index contributed by atoms with van der Waals surface area (Å²) in [6, 6.07) is 1.87. The maximum atomic E-state index is 9.75. The van der Waals surface area contributed by atoms with Gasteiger partial charge in [-0.25, -0.2) is 9.97 Å². The average Bonchev–Trinajstić information content (AvgIpc) is 2.35. The van der Waals surface area contributed by atoms with Crippen LogP contribution in [-0.2, 0) is 0 Å². The van der Waals surface area contributed by atoms with Crippen LogP contribution >= 0.6 is 11.8 Å². The maximum absolute atomic E-state index is 9.75. The number of rotatable bonds is 7. The molecule has 3 N–H and O–H groups in total. The van der Waals surface area contributed by atoms with Crippen LogP contribution in [0, 0.1) is 0 Å². The summed E-state index contributed by atoms with van der Waals surface area (Å²) in [6.07, 6.45) is 2.51. The molecule has 1 unspecified atom stereocenters. The molecule has 108 valence electrons. The van der Waals surface area contributed by atoms with Crippen LogP contribution in [0.1, 0.15) is 34.1 Å². The Bertz CT molecular complexity index is 410. The third-order valence-corrected chi connectivity index (χ3v) is 3.49. The van der Waals surface area contributed by atoms with E-state index in [1.165, 1.54) is 11.8 Å². The molecule has 0 saturated heterocycles. The first-order chi connectivity index (χ1) is 8.89. The zero-order chi connectivity index (χ0) is 14.5. The highest BCUT2D eigenvalue weighted by Gasteiger charge is 2.24. The van der Waals surface area contributed by atoms with Crippen molar-refractivity contribution >= 4 is 23.4 Å². The zero-order valence-electron chi connectivity index (χ0n) is 12.3. The third-order valence-electron chi connectivity index (χ3n) is 2.94. The van der Waals surface area contributed by atoms with E-state index >= 15 is 0 Å². The molecule has 0 bridgehead atoms. The van der Waals surface area contributed by atoms with Crippen LogP contribution in [0.2, 0.25) is 0 Å². The van der Waals surface area contributed by atoms with Gasteiger partial charge in [-0.1, -0.05) is 18.7 Å². The molecule has 1 aromatic heterocycles. The van der Waals surface area contributed by atoms with E-state index in [4.69, 9.17) is 0 Å². The van der Waals surface area contributed by atoms with Crippen LogP contribution in [0.3, 0.4) is 0 Å². The van der Waals surface area contributed by atoms with Gasteiger partial charge in [0.15, 0.2) is 5.16 Å². The summed E-state index contributed by atoms with van der Waals surface area (Å²) in [5.74, 6) is 1.54. The Balaban J connectivity index is 2.93. The fourth-order valence-electron chi connectivity index (χ4n) is 1.36. The molecule has 0 saturated carbocycles. The zero-order valence-corrected chi connectivity index (χ0v) is 13.1. The van der Waals surface area contributed by atoms with Crippen LogP contribution in [0.15, 0.2) is 11.2 Å². The molecule has 1 rings (SSSR count). The standard InChI is InChI=1S/C13H24N4OS/c1-6-7-14-10-8-11(16-12(15-10)19-5)17-13(3,4)9(2)18/h8-9,18H,6-7H2,1-5H3,(H2,14,15,16,17). The molecule has 0 aliphatic rings. The Morgan fingerprint density at radius 1 is 1.37 bits per heavy atom. The molecule has 0 aliphatic carbocycles. The molecule has 6 heteroatoms. The average molecular weight is 284 g/mol. The predicted molar refractivity (Wildman–Crippen MR) is 82.0 cm³/mol. The minimum atomic E-state index is -0.479. The van der Waals surface area contributed by atoms with Gasteiger partial charge in [0.25, 0.3) is 0 Å². The van der Waals surface area contributed by atoms with Gasteiger partial charge in [0.1, 0.15) is 11.6 Å². The van der Waals surface area contributed by atoms with Crippen molar-refractivity contribution in [3.05, 3.63) is 6.07 Å². The monoisotopic (exact) mass is 284 g/mol. The number of hydrogen-bond acceptors (Lipinski definition) is 6. The summed E-state index contributed by atoms with van der Waals surface area (Å²) in [4.78, 5) is 8.82. The van der Waals surface area contributed by atoms with Gasteiger partial charge >= 0.3 is 0 Å². The summed E-state index contributed by atoms with van der Waals surface area (Å²) in [6.45, 7) is 8.64. The first-order valence-corrected chi connectivity index (χ1v) is 7.74. The first-order valence-electron chi connectivity index (χ1n) is 6.52. The van der Waals surface area contributed by atoms with Crippen molar-refractivity contribution in [1.29, 1.82) is 0 Å². The van der Waals surface area contributed by atoms with Crippen molar-refractivity contribution in [3.8, 4) is 0 Å². The highest BCUT2D eigenvalue weighted by Crippen LogP contribution is 2.21. The van der Waals surface area contributed by atoms with Crippen molar-refractivity contribution in [2.45, 2.75) is 50.9 Å².